The first kappa shape index (κ1) is 16.9. The number of carbonyl (C=O) groups is 1. The number of likely N-dealkylation sites (N-methyl/N-ethyl adjacent to an activating group) is 1. The molecule has 1 atom stereocenters. The third-order valence-corrected chi connectivity index (χ3v) is 4.76. The summed E-state index contributed by atoms with van der Waals surface area (Å²) in [4.78, 5) is 19.0. The van der Waals surface area contributed by atoms with E-state index in [4.69, 9.17) is 9.47 Å². The molecule has 2 heterocycles. The Balaban J connectivity index is 1.79. The number of hydrogen-bond donors (Lipinski definition) is 1. The van der Waals surface area contributed by atoms with Gasteiger partial charge in [0.25, 0.3) is 0 Å². The fourth-order valence-electron chi connectivity index (χ4n) is 2.57. The van der Waals surface area contributed by atoms with Gasteiger partial charge in [-0.2, -0.15) is 0 Å². The molecule has 0 amide bonds. The molecule has 0 aliphatic carbocycles. The molecule has 24 heavy (non-hydrogen) atoms. The molecule has 1 aliphatic heterocycles. The van der Waals surface area contributed by atoms with Gasteiger partial charge in [-0.3, -0.25) is 0 Å². The number of nitrogens with zero attached hydrogens (tertiary/aromatic N) is 2. The van der Waals surface area contributed by atoms with Crippen molar-refractivity contribution in [3.63, 3.8) is 0 Å². The Labute approximate surface area is 144 Å². The average Bonchev–Trinajstić information content (AvgIpc) is 2.99. The largest absolute Gasteiger partial charge is 0.491 e. The van der Waals surface area contributed by atoms with Crippen molar-refractivity contribution in [2.24, 2.45) is 0 Å². The molecule has 6 nitrogen and oxygen atoms in total. The number of benzene rings is 1. The van der Waals surface area contributed by atoms with Crippen molar-refractivity contribution in [3.05, 3.63) is 34.8 Å². The van der Waals surface area contributed by atoms with Crippen LogP contribution in [-0.2, 0) is 4.74 Å². The number of carboxylic acid groups (broad SMARTS) is 1. The van der Waals surface area contributed by atoms with Gasteiger partial charge in [-0.1, -0.05) is 0 Å². The van der Waals surface area contributed by atoms with Crippen molar-refractivity contribution in [1.82, 2.24) is 9.88 Å². The summed E-state index contributed by atoms with van der Waals surface area (Å²) in [5, 5.41) is 10.1. The van der Waals surface area contributed by atoms with E-state index in [9.17, 15) is 9.90 Å². The molecule has 1 saturated heterocycles. The standard InChI is InChI=1S/C17H20N2O4S/c1-11-8-18-16(24-11)12-5-13(17(20)21)7-14(6-12)23-10-15-9-19(2)3-4-22-15/h5-8,15H,3-4,9-10H2,1-2H3,(H,20,21)/t15-/m1/s1. The van der Waals surface area contributed by atoms with Crippen molar-refractivity contribution >= 4 is 17.3 Å². The molecule has 128 valence electrons. The number of carboxylic acids is 1. The first-order chi connectivity index (χ1) is 11.5. The van der Waals surface area contributed by atoms with E-state index in [-0.39, 0.29) is 11.7 Å². The normalized spacial score (nSPS) is 18.5. The topological polar surface area (TPSA) is 71.9 Å². The molecule has 0 spiro atoms. The minimum atomic E-state index is -0.983. The first-order valence-corrected chi connectivity index (χ1v) is 8.57. The molecule has 1 N–H and O–H groups in total. The maximum absolute atomic E-state index is 11.4. The molecule has 1 aromatic heterocycles. The molecule has 0 saturated carbocycles. The van der Waals surface area contributed by atoms with Gasteiger partial charge in [0.05, 0.1) is 12.2 Å². The number of ether oxygens (including phenoxy) is 2. The Morgan fingerprint density at radius 1 is 1.50 bits per heavy atom. The van der Waals surface area contributed by atoms with E-state index >= 15 is 0 Å². The van der Waals surface area contributed by atoms with Crippen LogP contribution in [0.2, 0.25) is 0 Å². The Bertz CT molecular complexity index is 731. The van der Waals surface area contributed by atoms with Crippen molar-refractivity contribution in [3.8, 4) is 16.3 Å². The lowest BCUT2D eigenvalue weighted by molar-refractivity contribution is -0.0403. The zero-order chi connectivity index (χ0) is 17.1. The number of aryl methyl sites for hydroxylation is 1. The highest BCUT2D eigenvalue weighted by atomic mass is 32.1. The van der Waals surface area contributed by atoms with Crippen LogP contribution >= 0.6 is 11.3 Å². The van der Waals surface area contributed by atoms with E-state index in [0.717, 1.165) is 28.5 Å². The highest BCUT2D eigenvalue weighted by Gasteiger charge is 2.19. The molecule has 0 radical (unpaired) electrons. The van der Waals surface area contributed by atoms with E-state index < -0.39 is 5.97 Å². The van der Waals surface area contributed by atoms with Gasteiger partial charge in [-0.05, 0) is 32.2 Å². The summed E-state index contributed by atoms with van der Waals surface area (Å²) in [5.41, 5.74) is 0.946. The minimum absolute atomic E-state index is 0.0113. The van der Waals surface area contributed by atoms with Gasteiger partial charge >= 0.3 is 5.97 Å². The molecule has 1 aromatic carbocycles. The Morgan fingerprint density at radius 3 is 3.00 bits per heavy atom. The van der Waals surface area contributed by atoms with Crippen LogP contribution in [0.1, 0.15) is 15.2 Å². The van der Waals surface area contributed by atoms with Gasteiger partial charge in [0.2, 0.25) is 0 Å². The van der Waals surface area contributed by atoms with Gasteiger partial charge in [0, 0.05) is 29.7 Å². The first-order valence-electron chi connectivity index (χ1n) is 7.75. The second-order valence-corrected chi connectivity index (χ2v) is 7.13. The molecular formula is C17H20N2O4S. The minimum Gasteiger partial charge on any atom is -0.491 e. The van der Waals surface area contributed by atoms with Crippen LogP contribution in [-0.4, -0.2) is 60.4 Å². The van der Waals surface area contributed by atoms with Crippen LogP contribution in [0.15, 0.2) is 24.4 Å². The lowest BCUT2D eigenvalue weighted by Crippen LogP contribution is -2.42. The second-order valence-electron chi connectivity index (χ2n) is 5.89. The number of thiazole rings is 1. The van der Waals surface area contributed by atoms with Crippen molar-refractivity contribution in [2.75, 3.05) is 33.4 Å². The van der Waals surface area contributed by atoms with Crippen LogP contribution in [0.5, 0.6) is 5.75 Å². The highest BCUT2D eigenvalue weighted by Crippen LogP contribution is 2.29. The summed E-state index contributed by atoms with van der Waals surface area (Å²) in [6, 6.07) is 4.99. The maximum atomic E-state index is 11.4. The van der Waals surface area contributed by atoms with Gasteiger partial charge in [-0.25, -0.2) is 9.78 Å². The van der Waals surface area contributed by atoms with Crippen LogP contribution in [0, 0.1) is 6.92 Å². The molecule has 1 fully saturated rings. The number of aromatic carboxylic acids is 1. The molecule has 3 rings (SSSR count). The van der Waals surface area contributed by atoms with Gasteiger partial charge in [0.1, 0.15) is 23.5 Å². The zero-order valence-corrected chi connectivity index (χ0v) is 14.5. The van der Waals surface area contributed by atoms with E-state index in [1.807, 2.05) is 20.0 Å². The van der Waals surface area contributed by atoms with Crippen LogP contribution in [0.25, 0.3) is 10.6 Å². The van der Waals surface area contributed by atoms with E-state index in [1.165, 1.54) is 11.3 Å². The van der Waals surface area contributed by atoms with Crippen molar-refractivity contribution in [2.45, 2.75) is 13.0 Å². The summed E-state index contributed by atoms with van der Waals surface area (Å²) in [7, 11) is 2.05. The number of aromatic nitrogens is 1. The third-order valence-electron chi connectivity index (χ3n) is 3.80. The molecule has 7 heteroatoms. The molecule has 1 aliphatic rings. The second kappa shape index (κ2) is 7.29. The van der Waals surface area contributed by atoms with Gasteiger partial charge in [-0.15, -0.1) is 11.3 Å². The maximum Gasteiger partial charge on any atom is 0.335 e. The highest BCUT2D eigenvalue weighted by molar-refractivity contribution is 7.14. The van der Waals surface area contributed by atoms with E-state index in [2.05, 4.69) is 9.88 Å². The summed E-state index contributed by atoms with van der Waals surface area (Å²) in [6.07, 6.45) is 1.77. The van der Waals surface area contributed by atoms with Crippen LogP contribution in [0.3, 0.4) is 0 Å². The summed E-state index contributed by atoms with van der Waals surface area (Å²) < 4.78 is 11.5. The fraction of sp³-hybridized carbons (Fsp3) is 0.412. The van der Waals surface area contributed by atoms with Crippen LogP contribution in [0.4, 0.5) is 0 Å². The zero-order valence-electron chi connectivity index (χ0n) is 13.7. The molecule has 0 unspecified atom stereocenters. The summed E-state index contributed by atoms with van der Waals surface area (Å²) in [5.74, 6) is -0.460. The fourth-order valence-corrected chi connectivity index (χ4v) is 3.33. The smallest absolute Gasteiger partial charge is 0.335 e. The predicted molar refractivity (Wildman–Crippen MR) is 92.0 cm³/mol. The lowest BCUT2D eigenvalue weighted by Gasteiger charge is -2.29. The Hall–Kier alpha value is -1.96. The lowest BCUT2D eigenvalue weighted by atomic mass is 10.1. The monoisotopic (exact) mass is 348 g/mol. The molecule has 2 aromatic rings. The van der Waals surface area contributed by atoms with E-state index in [1.54, 1.807) is 18.3 Å². The summed E-state index contributed by atoms with van der Waals surface area (Å²) in [6.45, 7) is 4.76. The third kappa shape index (κ3) is 4.11. The average molecular weight is 348 g/mol. The number of morpholine rings is 1. The van der Waals surface area contributed by atoms with Gasteiger partial charge in [0.15, 0.2) is 0 Å². The molecular weight excluding hydrogens is 328 g/mol. The van der Waals surface area contributed by atoms with E-state index in [0.29, 0.717) is 19.0 Å². The van der Waals surface area contributed by atoms with Crippen LogP contribution < -0.4 is 4.74 Å². The van der Waals surface area contributed by atoms with Crippen molar-refractivity contribution < 1.29 is 19.4 Å². The Morgan fingerprint density at radius 2 is 2.33 bits per heavy atom. The number of hydrogen-bond acceptors (Lipinski definition) is 6. The number of rotatable bonds is 5. The SMILES string of the molecule is Cc1cnc(-c2cc(OC[C@H]3CN(C)CCO3)cc(C(=O)O)c2)s1. The van der Waals surface area contributed by atoms with Gasteiger partial charge < -0.3 is 19.5 Å². The van der Waals surface area contributed by atoms with Crippen molar-refractivity contribution in [1.29, 1.82) is 0 Å². The Kier molecular flexibility index (Phi) is 5.13. The quantitative estimate of drug-likeness (QED) is 0.895. The summed E-state index contributed by atoms with van der Waals surface area (Å²) >= 11 is 1.53. The predicted octanol–water partition coefficient (Wildman–Crippen LogP) is 2.53. The molecule has 0 bridgehead atoms.